The maximum Gasteiger partial charge on any atom is 0.261 e. The van der Waals surface area contributed by atoms with Crippen LogP contribution in [-0.4, -0.2) is 34.1 Å². The fourth-order valence-corrected chi connectivity index (χ4v) is 2.04. The minimum atomic E-state index is -4.09. The maximum atomic E-state index is 13.3. The average Bonchev–Trinajstić information content (AvgIpc) is 2.33. The van der Waals surface area contributed by atoms with E-state index >= 15 is 0 Å². The van der Waals surface area contributed by atoms with Gasteiger partial charge in [0, 0.05) is 29.9 Å². The van der Waals surface area contributed by atoms with Gasteiger partial charge in [-0.1, -0.05) is 0 Å². The highest BCUT2D eigenvalue weighted by atomic mass is 35.7. The second-order valence-electron chi connectivity index (χ2n) is 3.87. The van der Waals surface area contributed by atoms with Crippen molar-refractivity contribution in [3.8, 4) is 0 Å². The summed E-state index contributed by atoms with van der Waals surface area (Å²) < 4.78 is 40.4. The van der Waals surface area contributed by atoms with E-state index in [-0.39, 0.29) is 18.2 Å². The van der Waals surface area contributed by atoms with Crippen LogP contribution in [-0.2, 0) is 13.8 Å². The summed E-state index contributed by atoms with van der Waals surface area (Å²) in [5.74, 6) is -1.46. The van der Waals surface area contributed by atoms with Crippen molar-refractivity contribution in [2.75, 3.05) is 13.7 Å². The topological polar surface area (TPSA) is 72.5 Å². The number of halogens is 2. The Morgan fingerprint density at radius 1 is 1.47 bits per heavy atom. The fourth-order valence-electron chi connectivity index (χ4n) is 1.26. The molecule has 0 spiro atoms. The Morgan fingerprint density at radius 3 is 2.63 bits per heavy atom. The first kappa shape index (κ1) is 15.9. The van der Waals surface area contributed by atoms with Gasteiger partial charge in [-0.2, -0.15) is 0 Å². The predicted molar refractivity (Wildman–Crippen MR) is 68.2 cm³/mol. The molecule has 0 saturated heterocycles. The van der Waals surface area contributed by atoms with Gasteiger partial charge < -0.3 is 10.1 Å². The third-order valence-electron chi connectivity index (χ3n) is 2.37. The van der Waals surface area contributed by atoms with E-state index in [2.05, 4.69) is 5.32 Å². The van der Waals surface area contributed by atoms with Gasteiger partial charge in [-0.15, -0.1) is 0 Å². The van der Waals surface area contributed by atoms with Crippen LogP contribution in [0.1, 0.15) is 17.3 Å². The molecule has 1 atom stereocenters. The zero-order chi connectivity index (χ0) is 14.6. The Bertz CT molecular complexity index is 576. The number of benzene rings is 1. The molecular weight excluding hydrogens is 297 g/mol. The first-order chi connectivity index (χ1) is 8.74. The van der Waals surface area contributed by atoms with Crippen LogP contribution in [0.2, 0.25) is 0 Å². The summed E-state index contributed by atoms with van der Waals surface area (Å²) in [7, 11) is 2.50. The molecule has 0 radical (unpaired) electrons. The van der Waals surface area contributed by atoms with E-state index in [1.807, 2.05) is 0 Å². The monoisotopic (exact) mass is 309 g/mol. The van der Waals surface area contributed by atoms with Gasteiger partial charge in [-0.3, -0.25) is 4.79 Å². The van der Waals surface area contributed by atoms with Crippen LogP contribution in [0, 0.1) is 5.82 Å². The lowest BCUT2D eigenvalue weighted by atomic mass is 10.2. The molecule has 1 unspecified atom stereocenters. The Hall–Kier alpha value is -1.18. The van der Waals surface area contributed by atoms with Crippen LogP contribution in [0.3, 0.4) is 0 Å². The first-order valence-corrected chi connectivity index (χ1v) is 7.61. The van der Waals surface area contributed by atoms with Gasteiger partial charge >= 0.3 is 0 Å². The molecular formula is C11H13ClFNO4S. The second kappa shape index (κ2) is 6.31. The van der Waals surface area contributed by atoms with Crippen LogP contribution < -0.4 is 5.32 Å². The Labute approximate surface area is 115 Å². The maximum absolute atomic E-state index is 13.3. The first-order valence-electron chi connectivity index (χ1n) is 5.30. The molecule has 106 valence electrons. The molecule has 0 heterocycles. The van der Waals surface area contributed by atoms with Crippen molar-refractivity contribution in [2.24, 2.45) is 0 Å². The minimum Gasteiger partial charge on any atom is -0.380 e. The summed E-state index contributed by atoms with van der Waals surface area (Å²) in [6.45, 7) is 1.95. The van der Waals surface area contributed by atoms with Gasteiger partial charge in [0.1, 0.15) is 5.82 Å². The standard InChI is InChI=1S/C11H13ClFNO4S/c1-7(18-2)6-14-11(15)8-3-9(13)5-10(4-8)19(12,16)17/h3-5,7H,6H2,1-2H3,(H,14,15). The highest BCUT2D eigenvalue weighted by molar-refractivity contribution is 8.13. The number of nitrogens with one attached hydrogen (secondary N) is 1. The van der Waals surface area contributed by atoms with E-state index in [9.17, 15) is 17.6 Å². The molecule has 0 aliphatic heterocycles. The molecule has 1 aromatic rings. The molecule has 1 aromatic carbocycles. The molecule has 0 saturated carbocycles. The molecule has 1 amide bonds. The third kappa shape index (κ3) is 4.77. The van der Waals surface area contributed by atoms with Crippen LogP contribution in [0.15, 0.2) is 23.1 Å². The van der Waals surface area contributed by atoms with Gasteiger partial charge in [-0.25, -0.2) is 12.8 Å². The number of methoxy groups -OCH3 is 1. The largest absolute Gasteiger partial charge is 0.380 e. The Morgan fingerprint density at radius 2 is 2.11 bits per heavy atom. The molecule has 1 rings (SSSR count). The zero-order valence-electron chi connectivity index (χ0n) is 10.3. The summed E-state index contributed by atoms with van der Waals surface area (Å²) >= 11 is 0. The number of carbonyl (C=O) groups is 1. The summed E-state index contributed by atoms with van der Waals surface area (Å²) in [6, 6.07) is 2.69. The summed E-state index contributed by atoms with van der Waals surface area (Å²) in [6.07, 6.45) is -0.214. The molecule has 1 N–H and O–H groups in total. The number of amides is 1. The van der Waals surface area contributed by atoms with Crippen molar-refractivity contribution in [3.63, 3.8) is 0 Å². The predicted octanol–water partition coefficient (Wildman–Crippen LogP) is 1.52. The van der Waals surface area contributed by atoms with E-state index in [4.69, 9.17) is 15.4 Å². The Kier molecular flexibility index (Phi) is 5.28. The van der Waals surface area contributed by atoms with E-state index in [0.29, 0.717) is 0 Å². The number of hydrogen-bond acceptors (Lipinski definition) is 4. The molecule has 19 heavy (non-hydrogen) atoms. The van der Waals surface area contributed by atoms with Crippen molar-refractivity contribution in [1.82, 2.24) is 5.32 Å². The van der Waals surface area contributed by atoms with Gasteiger partial charge in [0.25, 0.3) is 15.0 Å². The van der Waals surface area contributed by atoms with Gasteiger partial charge in [0.05, 0.1) is 11.0 Å². The average molecular weight is 310 g/mol. The molecule has 0 aliphatic carbocycles. The van der Waals surface area contributed by atoms with Gasteiger partial charge in [0.15, 0.2) is 0 Å². The molecule has 0 fully saturated rings. The molecule has 0 aromatic heterocycles. The highest BCUT2D eigenvalue weighted by Crippen LogP contribution is 2.18. The summed E-state index contributed by atoms with van der Waals surface area (Å²) in [4.78, 5) is 11.3. The molecule has 8 heteroatoms. The lowest BCUT2D eigenvalue weighted by Crippen LogP contribution is -2.31. The van der Waals surface area contributed by atoms with Crippen LogP contribution >= 0.6 is 10.7 Å². The van der Waals surface area contributed by atoms with Gasteiger partial charge in [0.2, 0.25) is 0 Å². The summed E-state index contributed by atoms with van der Waals surface area (Å²) in [5, 5.41) is 2.49. The quantitative estimate of drug-likeness (QED) is 0.837. The van der Waals surface area contributed by atoms with Crippen molar-refractivity contribution < 1.29 is 22.3 Å². The van der Waals surface area contributed by atoms with Gasteiger partial charge in [-0.05, 0) is 25.1 Å². The molecule has 0 bridgehead atoms. The zero-order valence-corrected chi connectivity index (χ0v) is 11.9. The SMILES string of the molecule is COC(C)CNC(=O)c1cc(F)cc(S(=O)(=O)Cl)c1. The number of carbonyl (C=O) groups excluding carboxylic acids is 1. The number of ether oxygens (including phenoxy) is 1. The molecule has 0 aliphatic rings. The highest BCUT2D eigenvalue weighted by Gasteiger charge is 2.16. The van der Waals surface area contributed by atoms with Crippen molar-refractivity contribution in [2.45, 2.75) is 17.9 Å². The normalized spacial score (nSPS) is 13.1. The summed E-state index contributed by atoms with van der Waals surface area (Å²) in [5.41, 5.74) is -0.123. The lowest BCUT2D eigenvalue weighted by Gasteiger charge is -2.11. The Balaban J connectivity index is 2.95. The smallest absolute Gasteiger partial charge is 0.261 e. The fraction of sp³-hybridized carbons (Fsp3) is 0.364. The molecule has 5 nitrogen and oxygen atoms in total. The van der Waals surface area contributed by atoms with Crippen molar-refractivity contribution in [3.05, 3.63) is 29.6 Å². The lowest BCUT2D eigenvalue weighted by molar-refractivity contribution is 0.0870. The van der Waals surface area contributed by atoms with Crippen LogP contribution in [0.5, 0.6) is 0 Å². The third-order valence-corrected chi connectivity index (χ3v) is 3.70. The minimum absolute atomic E-state index is 0.123. The van der Waals surface area contributed by atoms with E-state index < -0.39 is 25.7 Å². The number of hydrogen-bond donors (Lipinski definition) is 1. The van der Waals surface area contributed by atoms with Crippen molar-refractivity contribution in [1.29, 1.82) is 0 Å². The van der Waals surface area contributed by atoms with E-state index in [0.717, 1.165) is 18.2 Å². The van der Waals surface area contributed by atoms with E-state index in [1.165, 1.54) is 7.11 Å². The van der Waals surface area contributed by atoms with Crippen molar-refractivity contribution >= 4 is 25.6 Å². The second-order valence-corrected chi connectivity index (χ2v) is 6.44. The number of rotatable bonds is 5. The van der Waals surface area contributed by atoms with Crippen LogP contribution in [0.25, 0.3) is 0 Å². The van der Waals surface area contributed by atoms with E-state index in [1.54, 1.807) is 6.92 Å². The van der Waals surface area contributed by atoms with Crippen LogP contribution in [0.4, 0.5) is 4.39 Å².